The summed E-state index contributed by atoms with van der Waals surface area (Å²) in [6.07, 6.45) is 15.0. The van der Waals surface area contributed by atoms with Crippen LogP contribution in [0, 0.1) is 12.0 Å². The molecule has 7 heteroatoms. The van der Waals surface area contributed by atoms with E-state index in [-0.39, 0.29) is 17.7 Å². The van der Waals surface area contributed by atoms with Gasteiger partial charge in [0.05, 0.1) is 17.4 Å². The lowest BCUT2D eigenvalue weighted by Gasteiger charge is -2.36. The summed E-state index contributed by atoms with van der Waals surface area (Å²) in [6, 6.07) is 0.0339. The highest BCUT2D eigenvalue weighted by Crippen LogP contribution is 2.31. The average Bonchev–Trinajstić information content (AvgIpc) is 2.66. The van der Waals surface area contributed by atoms with Gasteiger partial charge < -0.3 is 16.0 Å². The second-order valence-electron chi connectivity index (χ2n) is 7.85. The van der Waals surface area contributed by atoms with Gasteiger partial charge in [0, 0.05) is 24.4 Å². The molecule has 3 rings (SSSR count). The molecular weight excluding hydrogens is 362 g/mol. The van der Waals surface area contributed by atoms with E-state index in [2.05, 4.69) is 22.4 Å². The largest absolute Gasteiger partial charge is 0.377 e. The van der Waals surface area contributed by atoms with Crippen molar-refractivity contribution in [1.82, 2.24) is 10.2 Å². The van der Waals surface area contributed by atoms with E-state index in [1.54, 1.807) is 6.08 Å². The normalized spacial score (nSPS) is 25.2. The molecule has 3 aliphatic rings. The average molecular weight is 393 g/mol. The third kappa shape index (κ3) is 5.45. The smallest absolute Gasteiger partial charge is 0.250 e. The van der Waals surface area contributed by atoms with Crippen LogP contribution < -0.4 is 11.1 Å². The molecule has 149 valence electrons. The quantitative estimate of drug-likeness (QED) is 0.665. The Hall–Kier alpha value is -1.60. The van der Waals surface area contributed by atoms with Crippen molar-refractivity contribution in [3.05, 3.63) is 35.1 Å². The third-order valence-electron chi connectivity index (χ3n) is 5.72. The Morgan fingerprint density at radius 3 is 2.67 bits per heavy atom. The summed E-state index contributed by atoms with van der Waals surface area (Å²) in [4.78, 5) is 14.1. The Balaban J connectivity index is 1.66. The molecule has 3 N–H and O–H groups in total. The molecule has 1 aliphatic carbocycles. The first-order chi connectivity index (χ1) is 12.8. The molecule has 27 heavy (non-hydrogen) atoms. The summed E-state index contributed by atoms with van der Waals surface area (Å²) in [5.74, 6) is 0.0200. The van der Waals surface area contributed by atoms with Gasteiger partial charge in [0.1, 0.15) is 9.84 Å². The van der Waals surface area contributed by atoms with Gasteiger partial charge in [-0.05, 0) is 69.3 Å². The number of piperidine rings is 1. The topological polar surface area (TPSA) is 92.5 Å². The Bertz CT molecular complexity index is 759. The number of carbonyl (C=O) groups excluding carboxylic acids is 1. The number of hydrogen-bond acceptors (Lipinski definition) is 5. The fourth-order valence-electron chi connectivity index (χ4n) is 4.13. The molecule has 1 fully saturated rings. The van der Waals surface area contributed by atoms with Crippen LogP contribution in [0.2, 0.25) is 0 Å². The summed E-state index contributed by atoms with van der Waals surface area (Å²) in [5.41, 5.74) is 8.45. The van der Waals surface area contributed by atoms with Crippen molar-refractivity contribution in [1.29, 1.82) is 0 Å². The number of likely N-dealkylation sites (tertiary alicyclic amines) is 1. The van der Waals surface area contributed by atoms with Crippen LogP contribution >= 0.6 is 0 Å². The molecule has 1 atom stereocenters. The number of dihydropyridines is 1. The number of amides is 1. The van der Waals surface area contributed by atoms with Crippen LogP contribution in [-0.4, -0.2) is 56.9 Å². The number of rotatable bonds is 6. The highest BCUT2D eigenvalue weighted by atomic mass is 32.2. The van der Waals surface area contributed by atoms with Gasteiger partial charge in [0.25, 0.3) is 0 Å². The molecular formula is C20H30N3O3S. The standard InChI is InChI=1S/C20H30N3O3S/c1-27(25,26)14-13-23-11-9-16(10-12-23)19-17(20(21)24)7-8-18(22-19)15-5-3-2-4-6-15/h5,7,16,18,22H,2-4,6,9-14H2,1H3,(H2,21,24). The zero-order valence-electron chi connectivity index (χ0n) is 16.0. The van der Waals surface area contributed by atoms with Crippen LogP contribution in [0.4, 0.5) is 0 Å². The number of allylic oxidation sites excluding steroid dienone is 2. The molecule has 0 spiro atoms. The monoisotopic (exact) mass is 392 g/mol. The van der Waals surface area contributed by atoms with Gasteiger partial charge in [-0.3, -0.25) is 4.79 Å². The van der Waals surface area contributed by atoms with Crippen molar-refractivity contribution in [2.75, 3.05) is 31.6 Å². The maximum absolute atomic E-state index is 11.9. The van der Waals surface area contributed by atoms with E-state index in [9.17, 15) is 13.2 Å². The van der Waals surface area contributed by atoms with Crippen molar-refractivity contribution in [3.63, 3.8) is 0 Å². The van der Waals surface area contributed by atoms with Crippen molar-refractivity contribution in [2.45, 2.75) is 44.6 Å². The van der Waals surface area contributed by atoms with E-state index in [0.29, 0.717) is 12.1 Å². The van der Waals surface area contributed by atoms with Crippen LogP contribution in [0.1, 0.15) is 38.5 Å². The first kappa shape index (κ1) is 20.1. The number of primary amides is 1. The minimum atomic E-state index is -2.94. The van der Waals surface area contributed by atoms with Crippen LogP contribution in [0.5, 0.6) is 0 Å². The van der Waals surface area contributed by atoms with E-state index >= 15 is 0 Å². The lowest BCUT2D eigenvalue weighted by Crippen LogP contribution is -2.42. The fourth-order valence-corrected chi connectivity index (χ4v) is 4.72. The minimum Gasteiger partial charge on any atom is -0.377 e. The summed E-state index contributed by atoms with van der Waals surface area (Å²) in [5, 5.41) is 3.55. The summed E-state index contributed by atoms with van der Waals surface area (Å²) in [6.45, 7) is 2.24. The number of carbonyl (C=O) groups is 1. The number of sulfone groups is 1. The number of nitrogens with one attached hydrogen (secondary N) is 1. The second-order valence-corrected chi connectivity index (χ2v) is 10.1. The Labute approximate surface area is 162 Å². The predicted molar refractivity (Wildman–Crippen MR) is 106 cm³/mol. The zero-order valence-corrected chi connectivity index (χ0v) is 16.9. The number of nitrogens with two attached hydrogens (primary N) is 1. The fraction of sp³-hybridized carbons (Fsp3) is 0.650. The lowest BCUT2D eigenvalue weighted by molar-refractivity contribution is -0.114. The Morgan fingerprint density at radius 2 is 2.07 bits per heavy atom. The van der Waals surface area contributed by atoms with Crippen molar-refractivity contribution in [3.8, 4) is 0 Å². The molecule has 0 bridgehead atoms. The minimum absolute atomic E-state index is 0.0339. The highest BCUT2D eigenvalue weighted by Gasteiger charge is 2.30. The number of hydrogen-bond donors (Lipinski definition) is 2. The molecule has 0 aromatic rings. The second kappa shape index (κ2) is 8.61. The molecule has 0 aromatic heterocycles. The van der Waals surface area contributed by atoms with Crippen molar-refractivity contribution in [2.24, 2.45) is 11.7 Å². The van der Waals surface area contributed by atoms with Gasteiger partial charge in [-0.1, -0.05) is 6.08 Å². The van der Waals surface area contributed by atoms with Gasteiger partial charge in [-0.25, -0.2) is 8.42 Å². The lowest BCUT2D eigenvalue weighted by atomic mass is 9.85. The molecule has 1 saturated heterocycles. The van der Waals surface area contributed by atoms with Crippen LogP contribution in [0.3, 0.4) is 0 Å². The van der Waals surface area contributed by atoms with E-state index in [4.69, 9.17) is 5.73 Å². The zero-order chi connectivity index (χ0) is 19.4. The SMILES string of the molecule is CS(=O)(=O)CCN1CCC(C2=C(C(N)=O)C=[C]C(C3=CCCCC3)N2)CC1. The summed E-state index contributed by atoms with van der Waals surface area (Å²) in [7, 11) is -2.94. The van der Waals surface area contributed by atoms with Crippen LogP contribution in [-0.2, 0) is 14.6 Å². The van der Waals surface area contributed by atoms with Crippen LogP contribution in [0.15, 0.2) is 29.0 Å². The van der Waals surface area contributed by atoms with Crippen LogP contribution in [0.25, 0.3) is 0 Å². The molecule has 1 amide bonds. The first-order valence-electron chi connectivity index (χ1n) is 9.82. The van der Waals surface area contributed by atoms with Gasteiger partial charge in [-0.15, -0.1) is 0 Å². The maximum atomic E-state index is 11.9. The molecule has 2 heterocycles. The summed E-state index contributed by atoms with van der Waals surface area (Å²) < 4.78 is 22.8. The van der Waals surface area contributed by atoms with E-state index in [1.165, 1.54) is 24.7 Å². The maximum Gasteiger partial charge on any atom is 0.250 e. The van der Waals surface area contributed by atoms with E-state index < -0.39 is 15.7 Å². The highest BCUT2D eigenvalue weighted by molar-refractivity contribution is 7.90. The molecule has 1 unspecified atom stereocenters. The van der Waals surface area contributed by atoms with Crippen molar-refractivity contribution < 1.29 is 13.2 Å². The first-order valence-corrected chi connectivity index (χ1v) is 11.9. The van der Waals surface area contributed by atoms with Gasteiger partial charge in [0.2, 0.25) is 5.91 Å². The molecule has 6 nitrogen and oxygen atoms in total. The molecule has 0 aromatic carbocycles. The third-order valence-corrected chi connectivity index (χ3v) is 6.64. The Kier molecular flexibility index (Phi) is 6.42. The Morgan fingerprint density at radius 1 is 1.33 bits per heavy atom. The molecule has 0 saturated carbocycles. The van der Waals surface area contributed by atoms with E-state index in [1.807, 2.05) is 0 Å². The van der Waals surface area contributed by atoms with Gasteiger partial charge in [-0.2, -0.15) is 0 Å². The summed E-state index contributed by atoms with van der Waals surface area (Å²) >= 11 is 0. The van der Waals surface area contributed by atoms with E-state index in [0.717, 1.165) is 44.5 Å². The van der Waals surface area contributed by atoms with Gasteiger partial charge >= 0.3 is 0 Å². The van der Waals surface area contributed by atoms with Gasteiger partial charge in [0.15, 0.2) is 0 Å². The predicted octanol–water partition coefficient (Wildman–Crippen LogP) is 1.31. The molecule has 1 radical (unpaired) electrons. The van der Waals surface area contributed by atoms with Crippen molar-refractivity contribution >= 4 is 15.7 Å². The number of nitrogens with zero attached hydrogens (tertiary/aromatic N) is 1. The molecule has 2 aliphatic heterocycles.